The smallest absolute Gasteiger partial charge is 0.171 e. The second kappa shape index (κ2) is 4.10. The first-order chi connectivity index (χ1) is 7.04. The molecule has 4 heteroatoms. The van der Waals surface area contributed by atoms with Crippen LogP contribution in [-0.4, -0.2) is 15.7 Å². The summed E-state index contributed by atoms with van der Waals surface area (Å²) in [7, 11) is 0. The molecular weight excluding hydrogens is 224 g/mol. The molecule has 80 valence electrons. The van der Waals surface area contributed by atoms with Crippen LogP contribution in [0.3, 0.4) is 0 Å². The highest BCUT2D eigenvalue weighted by atomic mass is 32.2. The molecule has 0 aliphatic rings. The fourth-order valence-corrected chi connectivity index (χ4v) is 3.13. The number of rotatable bonds is 2. The summed E-state index contributed by atoms with van der Waals surface area (Å²) in [6.07, 6.45) is 1.79. The predicted octanol–water partition coefficient (Wildman–Crippen LogP) is 3.83. The van der Waals surface area contributed by atoms with E-state index in [9.17, 15) is 0 Å². The Morgan fingerprint density at radius 2 is 2.20 bits per heavy atom. The van der Waals surface area contributed by atoms with Crippen LogP contribution >= 0.6 is 23.1 Å². The van der Waals surface area contributed by atoms with Crippen LogP contribution < -0.4 is 0 Å². The molecule has 0 aromatic carbocycles. The van der Waals surface area contributed by atoms with E-state index in [1.165, 1.54) is 4.70 Å². The van der Waals surface area contributed by atoms with Crippen LogP contribution in [0.1, 0.15) is 20.8 Å². The molecule has 0 aliphatic carbocycles. The quantitative estimate of drug-likeness (QED) is 0.744. The van der Waals surface area contributed by atoms with Gasteiger partial charge in [-0.2, -0.15) is 0 Å². The van der Waals surface area contributed by atoms with Crippen molar-refractivity contribution in [3.8, 4) is 0 Å². The van der Waals surface area contributed by atoms with Gasteiger partial charge < -0.3 is 0 Å². The number of hydrogen-bond acceptors (Lipinski definition) is 4. The third-order valence-electron chi connectivity index (χ3n) is 1.77. The highest BCUT2D eigenvalue weighted by Gasteiger charge is 2.12. The van der Waals surface area contributed by atoms with E-state index in [4.69, 9.17) is 0 Å². The molecule has 0 N–H and O–H groups in total. The van der Waals surface area contributed by atoms with E-state index >= 15 is 0 Å². The molecule has 2 aromatic rings. The summed E-state index contributed by atoms with van der Waals surface area (Å²) in [6, 6.07) is 4.03. The van der Waals surface area contributed by atoms with Crippen LogP contribution in [0.2, 0.25) is 0 Å². The normalized spacial score (nSPS) is 12.2. The Morgan fingerprint density at radius 3 is 2.87 bits per heavy atom. The Kier molecular flexibility index (Phi) is 2.98. The molecular formula is C11H14N2S2. The fourth-order valence-electron chi connectivity index (χ4n) is 1.09. The molecule has 2 nitrogen and oxygen atoms in total. The van der Waals surface area contributed by atoms with Crippen LogP contribution in [0.15, 0.2) is 22.7 Å². The van der Waals surface area contributed by atoms with Crippen molar-refractivity contribution >= 4 is 33.4 Å². The molecule has 2 aromatic heterocycles. The van der Waals surface area contributed by atoms with E-state index in [-0.39, 0.29) is 0 Å². The molecule has 2 rings (SSSR count). The zero-order valence-electron chi connectivity index (χ0n) is 9.15. The summed E-state index contributed by atoms with van der Waals surface area (Å²) in [4.78, 5) is 8.72. The molecule has 2 heterocycles. The summed E-state index contributed by atoms with van der Waals surface area (Å²) in [5.74, 6) is 1.09. The topological polar surface area (TPSA) is 25.8 Å². The van der Waals surface area contributed by atoms with Crippen molar-refractivity contribution in [3.63, 3.8) is 0 Å². The van der Waals surface area contributed by atoms with E-state index in [0.717, 1.165) is 15.7 Å². The molecule has 0 spiro atoms. The molecule has 0 saturated heterocycles. The monoisotopic (exact) mass is 238 g/mol. The second-order valence-electron chi connectivity index (χ2n) is 4.65. The minimum absolute atomic E-state index is 0.343. The number of thioether (sulfide) groups is 1. The zero-order chi connectivity index (χ0) is 10.9. The molecule has 0 atom stereocenters. The molecule has 0 saturated carbocycles. The third-order valence-corrected chi connectivity index (χ3v) is 4.53. The lowest BCUT2D eigenvalue weighted by atomic mass is 10.0. The molecule has 0 unspecified atom stereocenters. The zero-order valence-corrected chi connectivity index (χ0v) is 10.8. The van der Waals surface area contributed by atoms with Crippen molar-refractivity contribution in [1.82, 2.24) is 9.97 Å². The standard InChI is InChI=1S/C11H14N2S2/c1-11(2,3)7-14-10-13-9-8(15-10)5-4-6-12-9/h4-6H,7H2,1-3H3. The largest absolute Gasteiger partial charge is 0.236 e. The summed E-state index contributed by atoms with van der Waals surface area (Å²) in [6.45, 7) is 6.72. The Labute approximate surface area is 98.1 Å². The van der Waals surface area contributed by atoms with Gasteiger partial charge in [-0.3, -0.25) is 0 Å². The summed E-state index contributed by atoms with van der Waals surface area (Å²) >= 11 is 3.55. The van der Waals surface area contributed by atoms with Crippen LogP contribution in [-0.2, 0) is 0 Å². The third kappa shape index (κ3) is 2.92. The molecule has 0 bridgehead atoms. The van der Waals surface area contributed by atoms with Gasteiger partial charge in [-0.15, -0.1) is 11.3 Å². The number of aromatic nitrogens is 2. The van der Waals surface area contributed by atoms with Crippen molar-refractivity contribution in [1.29, 1.82) is 0 Å². The SMILES string of the molecule is CC(C)(C)CSc1nc2ncccc2s1. The van der Waals surface area contributed by atoms with Gasteiger partial charge in [0.25, 0.3) is 0 Å². The number of nitrogens with zero attached hydrogens (tertiary/aromatic N) is 2. The van der Waals surface area contributed by atoms with Crippen molar-refractivity contribution in [2.75, 3.05) is 5.75 Å². The fraction of sp³-hybridized carbons (Fsp3) is 0.455. The van der Waals surface area contributed by atoms with Crippen molar-refractivity contribution in [3.05, 3.63) is 18.3 Å². The summed E-state index contributed by atoms with van der Waals surface area (Å²) in [5.41, 5.74) is 1.22. The van der Waals surface area contributed by atoms with Gasteiger partial charge in [-0.1, -0.05) is 32.5 Å². The summed E-state index contributed by atoms with van der Waals surface area (Å²) < 4.78 is 2.30. The molecule has 0 fully saturated rings. The van der Waals surface area contributed by atoms with Crippen LogP contribution in [0, 0.1) is 5.41 Å². The minimum atomic E-state index is 0.343. The van der Waals surface area contributed by atoms with Crippen LogP contribution in [0.25, 0.3) is 10.3 Å². The first kappa shape index (κ1) is 10.9. The number of pyridine rings is 1. The number of fused-ring (bicyclic) bond motifs is 1. The lowest BCUT2D eigenvalue weighted by Crippen LogP contribution is -2.07. The predicted molar refractivity (Wildman–Crippen MR) is 67.6 cm³/mol. The van der Waals surface area contributed by atoms with Gasteiger partial charge in [0.05, 0.1) is 4.70 Å². The average molecular weight is 238 g/mol. The molecule has 15 heavy (non-hydrogen) atoms. The molecule has 0 aliphatic heterocycles. The number of thiazole rings is 1. The Bertz CT molecular complexity index is 424. The van der Waals surface area contributed by atoms with Crippen molar-refractivity contribution < 1.29 is 0 Å². The van der Waals surface area contributed by atoms with Gasteiger partial charge in [0.15, 0.2) is 9.99 Å². The van der Waals surface area contributed by atoms with Crippen LogP contribution in [0.5, 0.6) is 0 Å². The molecule has 0 amide bonds. The van der Waals surface area contributed by atoms with E-state index < -0.39 is 0 Å². The van der Waals surface area contributed by atoms with E-state index in [0.29, 0.717) is 5.41 Å². The van der Waals surface area contributed by atoms with Gasteiger partial charge in [0.2, 0.25) is 0 Å². The molecule has 0 radical (unpaired) electrons. The lowest BCUT2D eigenvalue weighted by molar-refractivity contribution is 0.481. The van der Waals surface area contributed by atoms with E-state index in [1.54, 1.807) is 17.5 Å². The second-order valence-corrected chi connectivity index (χ2v) is 6.91. The van der Waals surface area contributed by atoms with Gasteiger partial charge in [0, 0.05) is 11.9 Å². The van der Waals surface area contributed by atoms with Gasteiger partial charge in [0.1, 0.15) is 0 Å². The Morgan fingerprint density at radius 1 is 1.40 bits per heavy atom. The maximum Gasteiger partial charge on any atom is 0.171 e. The lowest BCUT2D eigenvalue weighted by Gasteiger charge is -2.15. The first-order valence-corrected chi connectivity index (χ1v) is 6.69. The van der Waals surface area contributed by atoms with E-state index in [1.807, 2.05) is 17.8 Å². The van der Waals surface area contributed by atoms with Crippen molar-refractivity contribution in [2.45, 2.75) is 25.1 Å². The maximum atomic E-state index is 4.49. The Hall–Kier alpha value is -0.610. The van der Waals surface area contributed by atoms with Gasteiger partial charge in [-0.05, 0) is 17.5 Å². The van der Waals surface area contributed by atoms with Crippen molar-refractivity contribution in [2.24, 2.45) is 5.41 Å². The van der Waals surface area contributed by atoms with Gasteiger partial charge in [-0.25, -0.2) is 9.97 Å². The average Bonchev–Trinajstić information content (AvgIpc) is 2.56. The summed E-state index contributed by atoms with van der Waals surface area (Å²) in [5, 5.41) is 0. The highest BCUT2D eigenvalue weighted by molar-refractivity contribution is 8.01. The minimum Gasteiger partial charge on any atom is -0.236 e. The first-order valence-electron chi connectivity index (χ1n) is 4.89. The number of hydrogen-bond donors (Lipinski definition) is 0. The highest BCUT2D eigenvalue weighted by Crippen LogP contribution is 2.32. The van der Waals surface area contributed by atoms with Gasteiger partial charge >= 0.3 is 0 Å². The van der Waals surface area contributed by atoms with E-state index in [2.05, 4.69) is 36.8 Å². The maximum absolute atomic E-state index is 4.49. The Balaban J connectivity index is 2.16. The van der Waals surface area contributed by atoms with Crippen LogP contribution in [0.4, 0.5) is 0 Å².